The first-order valence-electron chi connectivity index (χ1n) is 7.24. The van der Waals surface area contributed by atoms with Crippen LogP contribution in [0.15, 0.2) is 41.0 Å². The highest BCUT2D eigenvalue weighted by atomic mass is 79.9. The van der Waals surface area contributed by atoms with Crippen molar-refractivity contribution in [3.63, 3.8) is 0 Å². The molecule has 0 aliphatic rings. The van der Waals surface area contributed by atoms with Crippen molar-refractivity contribution in [3.8, 4) is 17.6 Å². The Bertz CT molecular complexity index is 1010. The number of benzene rings is 2. The summed E-state index contributed by atoms with van der Waals surface area (Å²) in [4.78, 5) is 4.28. The van der Waals surface area contributed by atoms with E-state index in [1.54, 1.807) is 24.3 Å². The number of nitrogens with one attached hydrogen (secondary N) is 1. The molecule has 0 atom stereocenters. The van der Waals surface area contributed by atoms with Gasteiger partial charge in [0, 0.05) is 22.1 Å². The summed E-state index contributed by atoms with van der Waals surface area (Å²) in [6.07, 6.45) is 1.44. The van der Waals surface area contributed by atoms with E-state index in [1.165, 1.54) is 26.5 Å². The van der Waals surface area contributed by atoms with Gasteiger partial charge in [-0.05, 0) is 24.3 Å². The fourth-order valence-electron chi connectivity index (χ4n) is 2.46. The van der Waals surface area contributed by atoms with Crippen LogP contribution < -0.4 is 14.8 Å². The minimum atomic E-state index is -0.441. The van der Waals surface area contributed by atoms with Crippen molar-refractivity contribution in [2.45, 2.75) is 0 Å². The molecule has 3 aromatic rings. The first kappa shape index (κ1) is 19.8. The standard InChI is InChI=1S/C18H13BrFN3O2.ClH/c1-24-16-6-12-15(7-17(16)25-2)22-9-10(8-21)18(12)23-14-4-3-11(19)5-13(14)20;/h3-7,9H,1-2H3,(H,22,23);1H. The van der Waals surface area contributed by atoms with Gasteiger partial charge >= 0.3 is 0 Å². The summed E-state index contributed by atoms with van der Waals surface area (Å²) in [5.74, 6) is 0.572. The summed E-state index contributed by atoms with van der Waals surface area (Å²) in [5, 5.41) is 13.0. The predicted octanol–water partition coefficient (Wildman–Crippen LogP) is 5.19. The second kappa shape index (κ2) is 8.21. The lowest BCUT2D eigenvalue weighted by atomic mass is 10.1. The number of hydrogen-bond donors (Lipinski definition) is 1. The number of rotatable bonds is 4. The van der Waals surface area contributed by atoms with Gasteiger partial charge in [0.25, 0.3) is 0 Å². The van der Waals surface area contributed by atoms with E-state index in [0.717, 1.165) is 0 Å². The summed E-state index contributed by atoms with van der Waals surface area (Å²) >= 11 is 3.22. The summed E-state index contributed by atoms with van der Waals surface area (Å²) < 4.78 is 25.4. The molecule has 0 amide bonds. The van der Waals surface area contributed by atoms with Crippen LogP contribution in [-0.4, -0.2) is 19.2 Å². The van der Waals surface area contributed by atoms with Crippen molar-refractivity contribution in [3.05, 3.63) is 52.4 Å². The average molecular weight is 439 g/mol. The lowest BCUT2D eigenvalue weighted by molar-refractivity contribution is 0.356. The molecule has 0 fully saturated rings. The Morgan fingerprint density at radius 1 is 1.15 bits per heavy atom. The van der Waals surface area contributed by atoms with Gasteiger partial charge in [-0.1, -0.05) is 15.9 Å². The smallest absolute Gasteiger partial charge is 0.162 e. The molecule has 1 N–H and O–H groups in total. The van der Waals surface area contributed by atoms with Crippen LogP contribution in [0.3, 0.4) is 0 Å². The van der Waals surface area contributed by atoms with E-state index < -0.39 is 5.82 Å². The van der Waals surface area contributed by atoms with Gasteiger partial charge in [-0.3, -0.25) is 4.98 Å². The Labute approximate surface area is 164 Å². The molecule has 1 heterocycles. The summed E-state index contributed by atoms with van der Waals surface area (Å²) in [5.41, 5.74) is 1.59. The van der Waals surface area contributed by atoms with E-state index in [4.69, 9.17) is 9.47 Å². The van der Waals surface area contributed by atoms with Crippen LogP contribution in [0, 0.1) is 17.1 Å². The molecule has 8 heteroatoms. The fourth-order valence-corrected chi connectivity index (χ4v) is 2.80. The lowest BCUT2D eigenvalue weighted by Gasteiger charge is -2.14. The molecular weight excluding hydrogens is 425 g/mol. The van der Waals surface area contributed by atoms with Crippen LogP contribution in [-0.2, 0) is 0 Å². The van der Waals surface area contributed by atoms with Gasteiger partial charge in [-0.15, -0.1) is 12.4 Å². The first-order chi connectivity index (χ1) is 12.1. The van der Waals surface area contributed by atoms with Crippen molar-refractivity contribution in [2.75, 3.05) is 19.5 Å². The zero-order valence-electron chi connectivity index (χ0n) is 13.8. The molecule has 0 saturated carbocycles. The number of halogens is 3. The predicted molar refractivity (Wildman–Crippen MR) is 104 cm³/mol. The summed E-state index contributed by atoms with van der Waals surface area (Å²) in [7, 11) is 3.05. The molecule has 134 valence electrons. The van der Waals surface area contributed by atoms with E-state index >= 15 is 0 Å². The van der Waals surface area contributed by atoms with E-state index in [9.17, 15) is 9.65 Å². The number of methoxy groups -OCH3 is 2. The Hall–Kier alpha value is -2.56. The van der Waals surface area contributed by atoms with E-state index in [2.05, 4.69) is 32.3 Å². The van der Waals surface area contributed by atoms with Gasteiger partial charge in [-0.25, -0.2) is 4.39 Å². The van der Waals surface area contributed by atoms with Crippen molar-refractivity contribution in [2.24, 2.45) is 0 Å². The minimum absolute atomic E-state index is 0. The second-order valence-electron chi connectivity index (χ2n) is 5.13. The van der Waals surface area contributed by atoms with Crippen molar-refractivity contribution >= 4 is 50.6 Å². The fraction of sp³-hybridized carbons (Fsp3) is 0.111. The highest BCUT2D eigenvalue weighted by molar-refractivity contribution is 9.10. The van der Waals surface area contributed by atoms with E-state index in [1.807, 2.05) is 0 Å². The maximum atomic E-state index is 14.2. The third kappa shape index (κ3) is 3.66. The number of nitrogens with zero attached hydrogens (tertiary/aromatic N) is 2. The largest absolute Gasteiger partial charge is 0.493 e. The SMILES string of the molecule is COc1cc2ncc(C#N)c(Nc3ccc(Br)cc3F)c2cc1OC.Cl. The lowest BCUT2D eigenvalue weighted by Crippen LogP contribution is -2.00. The topological polar surface area (TPSA) is 67.2 Å². The van der Waals surface area contributed by atoms with Gasteiger partial charge in [-0.2, -0.15) is 5.26 Å². The van der Waals surface area contributed by atoms with Crippen molar-refractivity contribution < 1.29 is 13.9 Å². The number of aromatic nitrogens is 1. The van der Waals surface area contributed by atoms with Crippen LogP contribution in [0.4, 0.5) is 15.8 Å². The normalized spacial score (nSPS) is 9.96. The number of ether oxygens (including phenoxy) is 2. The maximum Gasteiger partial charge on any atom is 0.162 e. The Kier molecular flexibility index (Phi) is 6.24. The monoisotopic (exact) mass is 437 g/mol. The molecule has 26 heavy (non-hydrogen) atoms. The average Bonchev–Trinajstić information content (AvgIpc) is 2.62. The van der Waals surface area contributed by atoms with Crippen LogP contribution in [0.25, 0.3) is 10.9 Å². The molecule has 2 aromatic carbocycles. The van der Waals surface area contributed by atoms with Crippen LogP contribution in [0.2, 0.25) is 0 Å². The number of hydrogen-bond acceptors (Lipinski definition) is 5. The van der Waals surface area contributed by atoms with Crippen LogP contribution in [0.5, 0.6) is 11.5 Å². The van der Waals surface area contributed by atoms with Gasteiger partial charge in [0.15, 0.2) is 11.5 Å². The summed E-state index contributed by atoms with van der Waals surface area (Å²) in [6, 6.07) is 10.1. The molecule has 0 spiro atoms. The molecule has 0 unspecified atom stereocenters. The number of fused-ring (bicyclic) bond motifs is 1. The van der Waals surface area contributed by atoms with Crippen LogP contribution >= 0.6 is 28.3 Å². The maximum absolute atomic E-state index is 14.2. The Balaban J connectivity index is 0.00000243. The molecule has 0 radical (unpaired) electrons. The molecule has 3 rings (SSSR count). The molecule has 5 nitrogen and oxygen atoms in total. The quantitative estimate of drug-likeness (QED) is 0.607. The summed E-state index contributed by atoms with van der Waals surface area (Å²) in [6.45, 7) is 0. The molecule has 0 saturated heterocycles. The number of anilines is 2. The zero-order valence-corrected chi connectivity index (χ0v) is 16.2. The number of nitriles is 1. The van der Waals surface area contributed by atoms with Gasteiger partial charge in [0.1, 0.15) is 11.9 Å². The third-order valence-corrected chi connectivity index (χ3v) is 4.18. The van der Waals surface area contributed by atoms with Crippen molar-refractivity contribution in [1.82, 2.24) is 4.98 Å². The van der Waals surface area contributed by atoms with Gasteiger partial charge < -0.3 is 14.8 Å². The third-order valence-electron chi connectivity index (χ3n) is 3.68. The van der Waals surface area contributed by atoms with Gasteiger partial charge in [0.2, 0.25) is 0 Å². The Morgan fingerprint density at radius 2 is 1.85 bits per heavy atom. The molecular formula is C18H14BrClFN3O2. The minimum Gasteiger partial charge on any atom is -0.493 e. The molecule has 0 bridgehead atoms. The molecule has 1 aromatic heterocycles. The highest BCUT2D eigenvalue weighted by Crippen LogP contribution is 2.37. The highest BCUT2D eigenvalue weighted by Gasteiger charge is 2.15. The van der Waals surface area contributed by atoms with E-state index in [0.29, 0.717) is 38.1 Å². The van der Waals surface area contributed by atoms with Gasteiger partial charge in [0.05, 0.1) is 36.7 Å². The molecule has 0 aliphatic heterocycles. The Morgan fingerprint density at radius 3 is 2.46 bits per heavy atom. The van der Waals surface area contributed by atoms with E-state index in [-0.39, 0.29) is 18.1 Å². The number of pyridine rings is 1. The first-order valence-corrected chi connectivity index (χ1v) is 8.03. The van der Waals surface area contributed by atoms with Crippen molar-refractivity contribution in [1.29, 1.82) is 5.26 Å². The second-order valence-corrected chi connectivity index (χ2v) is 6.05. The molecule has 0 aliphatic carbocycles. The van der Waals surface area contributed by atoms with Crippen LogP contribution in [0.1, 0.15) is 5.56 Å². The zero-order chi connectivity index (χ0) is 18.0.